The van der Waals surface area contributed by atoms with Crippen molar-refractivity contribution in [3.8, 4) is 40.2 Å². The van der Waals surface area contributed by atoms with Crippen LogP contribution in [0.15, 0.2) is 147 Å². The summed E-state index contributed by atoms with van der Waals surface area (Å²) >= 11 is 17.4. The third-order valence-corrected chi connectivity index (χ3v) is 23.2. The zero-order valence-electron chi connectivity index (χ0n) is 72.6. The van der Waals surface area contributed by atoms with Crippen molar-refractivity contribution in [1.82, 2.24) is 59.8 Å². The van der Waals surface area contributed by atoms with Crippen LogP contribution in [0.4, 0.5) is 17.1 Å². The molecule has 3 aromatic carbocycles. The Kier molecular flexibility index (Phi) is 39.6. The predicted molar refractivity (Wildman–Crippen MR) is 469 cm³/mol. The maximum atomic E-state index is 11.6. The molecule has 8 aliphatic rings. The summed E-state index contributed by atoms with van der Waals surface area (Å²) in [4.78, 5) is 103. The molecule has 8 fully saturated rings. The number of morpholine rings is 3. The van der Waals surface area contributed by atoms with Crippen LogP contribution in [-0.4, -0.2) is 222 Å². The van der Waals surface area contributed by atoms with Crippen molar-refractivity contribution >= 4 is 132 Å². The molecule has 11 aromatic rings. The second-order valence-corrected chi connectivity index (χ2v) is 32.7. The number of rotatable bonds is 13. The molecule has 4 saturated heterocycles. The van der Waals surface area contributed by atoms with Crippen LogP contribution < -0.4 is 177 Å². The molecular weight excluding hydrogens is 1920 g/mol. The average Bonchev–Trinajstić information content (AvgIpc) is 1.69. The molecule has 0 atom stereocenters. The minimum Gasteiger partial charge on any atom is -1.00 e. The van der Waals surface area contributed by atoms with Crippen LogP contribution in [0, 0.1) is 0 Å². The SMILES string of the molecule is CC1(C)OB(c2ccc(N3CCOCC3)cc2)OC1(C)C.Clc1cc2nccnc2c(Cl)n1.O=C1CCC(O)CC1.O=C1CCC(Oc2nc(-c3ccc(N4CCOCC4)cc3)cc3nccnc23)CC1.O=C1CCC(Oc2nc(Cl)cc3nccnc23)CC1.O=CO[O-].OC1CCC(Oc2nc(-c3ccc(N4CCOCC4)cc3)cc3nccnc23)CC1.[Cs+].[Cs+].[H-]. The summed E-state index contributed by atoms with van der Waals surface area (Å²) in [5, 5.41) is 28.0. The van der Waals surface area contributed by atoms with Gasteiger partial charge in [-0.3, -0.25) is 39.1 Å². The molecule has 19 rings (SSSR count). The smallest absolute Gasteiger partial charge is 1.00 e. The van der Waals surface area contributed by atoms with Gasteiger partial charge in [-0.15, -0.1) is 0 Å². The predicted octanol–water partition coefficient (Wildman–Crippen LogP) is 6.40. The average molecular weight is 2020 g/mol. The number of ketones is 3. The first kappa shape index (κ1) is 100. The van der Waals surface area contributed by atoms with Crippen molar-refractivity contribution < 1.29 is 216 Å². The van der Waals surface area contributed by atoms with E-state index in [0.29, 0.717) is 130 Å². The Morgan fingerprint density at radius 3 is 1.09 bits per heavy atom. The molecule has 0 spiro atoms. The van der Waals surface area contributed by atoms with Crippen LogP contribution in [0.2, 0.25) is 15.5 Å². The van der Waals surface area contributed by atoms with E-state index in [1.807, 2.05) is 12.1 Å². The molecule has 0 radical (unpaired) electrons. The number of Topliss-reactive ketones (excluding diaryl/α,β-unsaturated/α-hetero) is 3. The van der Waals surface area contributed by atoms with Gasteiger partial charge in [0.15, 0.2) is 21.7 Å². The van der Waals surface area contributed by atoms with E-state index >= 15 is 0 Å². The Morgan fingerprint density at radius 2 is 0.722 bits per heavy atom. The molecule has 654 valence electrons. The van der Waals surface area contributed by atoms with E-state index in [9.17, 15) is 19.5 Å². The summed E-state index contributed by atoms with van der Waals surface area (Å²) in [6, 6.07) is 32.5. The van der Waals surface area contributed by atoms with E-state index in [-0.39, 0.29) is 200 Å². The molecule has 0 amide bonds. The number of benzene rings is 3. The van der Waals surface area contributed by atoms with Crippen molar-refractivity contribution in [2.24, 2.45) is 0 Å². The largest absolute Gasteiger partial charge is 1.00 e. The molecule has 8 aromatic heterocycles. The van der Waals surface area contributed by atoms with Crippen LogP contribution in [0.1, 0.15) is 132 Å². The standard InChI is InChI=1S/C23H26N4O3.C23H24N4O3.C16H24BNO3.C13H12ClN3O2.C7H3Cl2N3.C6H10O2.CH2O3.2Cs.H/c2*28-18-5-7-19(8-6-18)30-23-22-21(24-9-10-25-22)15-20(26-23)16-1-3-17(4-2-16)27-11-13-29-14-12-27;1-15(2)16(3,4)21-17(20-15)13-5-7-14(8-6-13)18-9-11-19-12-10-18;14-11-7-10-12(16-6-5-15-10)13(17-11)19-9-3-1-8(18)2-4-9;8-5-3-4-6(7(9)12-5)11-2-1-10-4;7-5-1-2-6(8)4-3-5;2-1-4-3;;;/h1-4,9-10,15,18-19,28H,5-8,11-14H2;1-4,9-10,15,19H,5-8,11-14H2;5-8H,9-12H2,1-4H3;5-7,9H,1-4H2;1-3H;5,7H,1-4H2;1,3H;;;/q;;;;;;;2*+1;-1/p-1. The fourth-order valence-electron chi connectivity index (χ4n) is 14.8. The monoisotopic (exact) mass is 2020 g/mol. The molecule has 2 N–H and O–H groups in total. The minimum atomic E-state index is -0.291. The van der Waals surface area contributed by atoms with E-state index in [1.165, 1.54) is 17.1 Å². The number of hydrogen-bond acceptors (Lipinski definition) is 31. The van der Waals surface area contributed by atoms with Crippen LogP contribution in [0.5, 0.6) is 17.6 Å². The van der Waals surface area contributed by atoms with Crippen LogP contribution >= 0.6 is 34.8 Å². The topological polar surface area (TPSA) is 379 Å². The van der Waals surface area contributed by atoms with Crippen LogP contribution in [-0.2, 0) is 47.6 Å². The molecule has 37 heteroatoms. The third kappa shape index (κ3) is 28.8. The first-order chi connectivity index (χ1) is 60.1. The molecule has 31 nitrogen and oxygen atoms in total. The first-order valence-corrected chi connectivity index (χ1v) is 43.0. The molecule has 4 aliphatic carbocycles. The Balaban J connectivity index is 0.000000163. The van der Waals surface area contributed by atoms with E-state index in [2.05, 4.69) is 170 Å². The number of hydrogen-bond donors (Lipinski definition) is 2. The molecular formula is C89H101BCl3Cs2N15O16. The number of fused-ring (bicyclic) bond motifs is 4. The summed E-state index contributed by atoms with van der Waals surface area (Å²) in [6.45, 7) is 18.4. The normalized spacial score (nSPS) is 18.9. The zero-order chi connectivity index (χ0) is 87.0. The van der Waals surface area contributed by atoms with Gasteiger partial charge in [-0.25, -0.2) is 34.9 Å². The number of carbonyl (C=O) groups is 4. The van der Waals surface area contributed by atoms with Gasteiger partial charge in [0, 0.05) is 168 Å². The number of aliphatic hydroxyl groups excluding tert-OH is 2. The van der Waals surface area contributed by atoms with Gasteiger partial charge >= 0.3 is 145 Å². The van der Waals surface area contributed by atoms with Gasteiger partial charge in [-0.2, -0.15) is 4.98 Å². The Hall–Kier alpha value is -6.38. The summed E-state index contributed by atoms with van der Waals surface area (Å²) in [5.74, 6) is 2.32. The molecule has 126 heavy (non-hydrogen) atoms. The fraction of sp³-hybridized carbons (Fsp3) is 0.438. The third-order valence-electron chi connectivity index (χ3n) is 22.5. The molecule has 0 bridgehead atoms. The number of anilines is 3. The van der Waals surface area contributed by atoms with E-state index in [0.717, 1.165) is 169 Å². The number of aromatic nitrogens is 12. The maximum Gasteiger partial charge on any atom is 1.00 e. The summed E-state index contributed by atoms with van der Waals surface area (Å²) < 4.78 is 46.7. The van der Waals surface area contributed by atoms with Crippen LogP contribution in [0.25, 0.3) is 66.6 Å². The van der Waals surface area contributed by atoms with Crippen molar-refractivity contribution in [2.45, 2.75) is 172 Å². The van der Waals surface area contributed by atoms with Crippen molar-refractivity contribution in [3.05, 3.63) is 162 Å². The molecule has 4 aliphatic heterocycles. The first-order valence-electron chi connectivity index (χ1n) is 41.8. The number of aliphatic hydroxyl groups is 2. The number of pyridine rings is 4. The van der Waals surface area contributed by atoms with Gasteiger partial charge in [0.1, 0.15) is 51.5 Å². The number of ether oxygens (including phenoxy) is 6. The summed E-state index contributed by atoms with van der Waals surface area (Å²) in [6.07, 6.45) is 23.5. The van der Waals surface area contributed by atoms with E-state index in [4.69, 9.17) is 97.7 Å². The van der Waals surface area contributed by atoms with Crippen molar-refractivity contribution in [2.75, 3.05) is 93.6 Å². The Bertz CT molecular complexity index is 5350. The Labute approximate surface area is 865 Å². The second kappa shape index (κ2) is 49.7. The van der Waals surface area contributed by atoms with Gasteiger partial charge < -0.3 is 74.2 Å². The minimum absolute atomic E-state index is 0. The Morgan fingerprint density at radius 1 is 0.421 bits per heavy atom. The number of halogens is 3. The number of carbonyl (C=O) groups excluding carboxylic acids is 4. The van der Waals surface area contributed by atoms with Gasteiger partial charge in [0.25, 0.3) is 6.47 Å². The van der Waals surface area contributed by atoms with E-state index in [1.54, 1.807) is 61.7 Å². The van der Waals surface area contributed by atoms with Gasteiger partial charge in [-0.1, -0.05) is 71.2 Å². The van der Waals surface area contributed by atoms with E-state index < -0.39 is 0 Å². The van der Waals surface area contributed by atoms with Crippen molar-refractivity contribution in [1.29, 1.82) is 0 Å². The molecule has 0 unspecified atom stereocenters. The quantitative estimate of drug-likeness (QED) is 0.0414. The summed E-state index contributed by atoms with van der Waals surface area (Å²) in [7, 11) is -0.284. The summed E-state index contributed by atoms with van der Waals surface area (Å²) in [5.41, 5.74) is 13.1. The van der Waals surface area contributed by atoms with Crippen molar-refractivity contribution in [3.63, 3.8) is 0 Å². The van der Waals surface area contributed by atoms with Gasteiger partial charge in [0.2, 0.25) is 17.6 Å². The second-order valence-electron chi connectivity index (χ2n) is 31.6. The maximum absolute atomic E-state index is 11.6. The molecule has 4 saturated carbocycles. The number of nitrogens with zero attached hydrogens (tertiary/aromatic N) is 15. The van der Waals surface area contributed by atoms with Gasteiger partial charge in [-0.05, 0) is 146 Å². The van der Waals surface area contributed by atoms with Gasteiger partial charge in [0.05, 0.1) is 96.5 Å². The molecule has 12 heterocycles. The fourth-order valence-corrected chi connectivity index (χ4v) is 15.5. The zero-order valence-corrected chi connectivity index (χ0v) is 86.5. The van der Waals surface area contributed by atoms with Crippen LogP contribution in [0.3, 0.4) is 0 Å².